The summed E-state index contributed by atoms with van der Waals surface area (Å²) >= 11 is 2.09. The van der Waals surface area contributed by atoms with Crippen molar-refractivity contribution in [1.29, 1.82) is 0 Å². The molecule has 2 heteroatoms. The molecule has 1 nitrogen and oxygen atoms in total. The van der Waals surface area contributed by atoms with E-state index in [1.807, 2.05) is 0 Å². The molecule has 0 bridgehead atoms. The first kappa shape index (κ1) is 14.4. The Morgan fingerprint density at radius 2 is 1.38 bits per heavy atom. The van der Waals surface area contributed by atoms with Crippen LogP contribution < -0.4 is 5.73 Å². The molecule has 0 aromatic rings. The van der Waals surface area contributed by atoms with E-state index in [2.05, 4.69) is 18.7 Å². The largest absolute Gasteiger partial charge is 0.327 e. The first-order valence-corrected chi connectivity index (χ1v) is 8.26. The van der Waals surface area contributed by atoms with Gasteiger partial charge in [-0.15, -0.1) is 0 Å². The topological polar surface area (TPSA) is 26.0 Å². The maximum absolute atomic E-state index is 6.32. The second kappa shape index (κ2) is 9.35. The molecule has 1 rings (SSSR count). The average molecular weight is 243 g/mol. The zero-order valence-electron chi connectivity index (χ0n) is 10.9. The van der Waals surface area contributed by atoms with E-state index < -0.39 is 0 Å². The summed E-state index contributed by atoms with van der Waals surface area (Å²) in [5, 5.41) is 0.726. The summed E-state index contributed by atoms with van der Waals surface area (Å²) in [5.74, 6) is 1.22. The standard InChI is InChI=1S/C14H29NS/c1-2-16-14-12-10-8-6-4-3-5-7-9-11-13(14)15/h13-14H,2-12,15H2,1H3. The normalized spacial score (nSPS) is 30.4. The number of nitrogens with two attached hydrogens (primary N) is 1. The highest BCUT2D eigenvalue weighted by Crippen LogP contribution is 2.24. The van der Waals surface area contributed by atoms with E-state index in [0.29, 0.717) is 6.04 Å². The maximum atomic E-state index is 6.32. The lowest BCUT2D eigenvalue weighted by Crippen LogP contribution is -2.32. The summed E-state index contributed by atoms with van der Waals surface area (Å²) in [6.07, 6.45) is 13.9. The molecule has 0 heterocycles. The van der Waals surface area contributed by atoms with Gasteiger partial charge in [0.15, 0.2) is 0 Å². The van der Waals surface area contributed by atoms with Crippen molar-refractivity contribution in [3.8, 4) is 0 Å². The molecule has 2 N–H and O–H groups in total. The first-order chi connectivity index (χ1) is 7.84. The van der Waals surface area contributed by atoms with Crippen molar-refractivity contribution in [2.45, 2.75) is 82.4 Å². The Morgan fingerprint density at radius 3 is 1.94 bits per heavy atom. The molecule has 0 aromatic carbocycles. The highest BCUT2D eigenvalue weighted by Gasteiger charge is 2.17. The fraction of sp³-hybridized carbons (Fsp3) is 1.00. The number of rotatable bonds is 2. The predicted octanol–water partition coefficient (Wildman–Crippen LogP) is 4.35. The van der Waals surface area contributed by atoms with Crippen LogP contribution in [0.4, 0.5) is 0 Å². The number of hydrogen-bond donors (Lipinski definition) is 1. The predicted molar refractivity (Wildman–Crippen MR) is 76.1 cm³/mol. The van der Waals surface area contributed by atoms with Gasteiger partial charge < -0.3 is 5.73 Å². The van der Waals surface area contributed by atoms with Crippen molar-refractivity contribution >= 4 is 11.8 Å². The summed E-state index contributed by atoms with van der Waals surface area (Å²) < 4.78 is 0. The van der Waals surface area contributed by atoms with Gasteiger partial charge in [0.1, 0.15) is 0 Å². The summed E-state index contributed by atoms with van der Waals surface area (Å²) in [7, 11) is 0. The monoisotopic (exact) mass is 243 g/mol. The minimum atomic E-state index is 0.448. The third-order valence-corrected chi connectivity index (χ3v) is 4.98. The van der Waals surface area contributed by atoms with Crippen LogP contribution in [0.25, 0.3) is 0 Å². The summed E-state index contributed by atoms with van der Waals surface area (Å²) in [5.41, 5.74) is 6.32. The molecule has 1 aliphatic rings. The Hall–Kier alpha value is 0.310. The van der Waals surface area contributed by atoms with Crippen LogP contribution >= 0.6 is 11.8 Å². The lowest BCUT2D eigenvalue weighted by Gasteiger charge is -2.23. The molecule has 0 spiro atoms. The molecule has 1 fully saturated rings. The highest BCUT2D eigenvalue weighted by atomic mass is 32.2. The number of hydrogen-bond acceptors (Lipinski definition) is 2. The lowest BCUT2D eigenvalue weighted by molar-refractivity contribution is 0.473. The Kier molecular flexibility index (Phi) is 8.40. The van der Waals surface area contributed by atoms with Crippen LogP contribution in [0.3, 0.4) is 0 Å². The van der Waals surface area contributed by atoms with E-state index >= 15 is 0 Å². The maximum Gasteiger partial charge on any atom is 0.0198 e. The SMILES string of the molecule is CCSC1CCCCCCCCCCC1N. The van der Waals surface area contributed by atoms with E-state index in [1.165, 1.54) is 70.0 Å². The van der Waals surface area contributed by atoms with Gasteiger partial charge in [-0.2, -0.15) is 11.8 Å². The van der Waals surface area contributed by atoms with Crippen molar-refractivity contribution in [3.05, 3.63) is 0 Å². The van der Waals surface area contributed by atoms with Crippen molar-refractivity contribution in [3.63, 3.8) is 0 Å². The smallest absolute Gasteiger partial charge is 0.0198 e. The molecule has 1 aliphatic carbocycles. The van der Waals surface area contributed by atoms with Crippen LogP contribution in [0, 0.1) is 0 Å². The van der Waals surface area contributed by atoms with E-state index in [1.54, 1.807) is 0 Å². The third-order valence-electron chi connectivity index (χ3n) is 3.63. The fourth-order valence-electron chi connectivity index (χ4n) is 2.61. The second-order valence-corrected chi connectivity index (χ2v) is 6.58. The van der Waals surface area contributed by atoms with Gasteiger partial charge >= 0.3 is 0 Å². The lowest BCUT2D eigenvalue weighted by atomic mass is 9.98. The van der Waals surface area contributed by atoms with Gasteiger partial charge in [-0.3, -0.25) is 0 Å². The van der Waals surface area contributed by atoms with Crippen LogP contribution in [-0.4, -0.2) is 17.0 Å². The minimum Gasteiger partial charge on any atom is -0.327 e. The molecule has 96 valence electrons. The molecule has 16 heavy (non-hydrogen) atoms. The Bertz CT molecular complexity index is 161. The van der Waals surface area contributed by atoms with Crippen molar-refractivity contribution < 1.29 is 0 Å². The van der Waals surface area contributed by atoms with Crippen LogP contribution in [0.1, 0.15) is 71.1 Å². The van der Waals surface area contributed by atoms with Crippen molar-refractivity contribution in [2.24, 2.45) is 5.73 Å². The molecular weight excluding hydrogens is 214 g/mol. The van der Waals surface area contributed by atoms with Crippen LogP contribution in [-0.2, 0) is 0 Å². The zero-order chi connectivity index (χ0) is 11.6. The summed E-state index contributed by atoms with van der Waals surface area (Å²) in [6, 6.07) is 0.448. The van der Waals surface area contributed by atoms with Crippen LogP contribution in [0.5, 0.6) is 0 Å². The molecule has 1 saturated carbocycles. The molecule has 0 aliphatic heterocycles. The van der Waals surface area contributed by atoms with E-state index in [4.69, 9.17) is 5.73 Å². The summed E-state index contributed by atoms with van der Waals surface area (Å²) in [6.45, 7) is 2.26. The van der Waals surface area contributed by atoms with Gasteiger partial charge in [0.25, 0.3) is 0 Å². The van der Waals surface area contributed by atoms with Gasteiger partial charge in [0.2, 0.25) is 0 Å². The van der Waals surface area contributed by atoms with Gasteiger partial charge in [-0.05, 0) is 18.6 Å². The number of thioether (sulfide) groups is 1. The van der Waals surface area contributed by atoms with Crippen molar-refractivity contribution in [2.75, 3.05) is 5.75 Å². The molecule has 0 aromatic heterocycles. The van der Waals surface area contributed by atoms with Gasteiger partial charge in [-0.1, -0.05) is 58.3 Å². The highest BCUT2D eigenvalue weighted by molar-refractivity contribution is 7.99. The van der Waals surface area contributed by atoms with Gasteiger partial charge in [-0.25, -0.2) is 0 Å². The van der Waals surface area contributed by atoms with Gasteiger partial charge in [0.05, 0.1) is 0 Å². The molecule has 2 unspecified atom stereocenters. The molecule has 0 radical (unpaired) electrons. The fourth-order valence-corrected chi connectivity index (χ4v) is 3.75. The van der Waals surface area contributed by atoms with Crippen molar-refractivity contribution in [1.82, 2.24) is 0 Å². The molecule has 2 atom stereocenters. The van der Waals surface area contributed by atoms with E-state index in [-0.39, 0.29) is 0 Å². The first-order valence-electron chi connectivity index (χ1n) is 7.21. The van der Waals surface area contributed by atoms with E-state index in [9.17, 15) is 0 Å². The minimum absolute atomic E-state index is 0.448. The third kappa shape index (κ3) is 6.15. The molecule has 0 amide bonds. The van der Waals surface area contributed by atoms with Gasteiger partial charge in [0, 0.05) is 11.3 Å². The molecule has 0 saturated heterocycles. The van der Waals surface area contributed by atoms with Crippen LogP contribution in [0.15, 0.2) is 0 Å². The van der Waals surface area contributed by atoms with Crippen LogP contribution in [0.2, 0.25) is 0 Å². The molecular formula is C14H29NS. The average Bonchev–Trinajstić information content (AvgIpc) is 2.28. The zero-order valence-corrected chi connectivity index (χ0v) is 11.7. The summed E-state index contributed by atoms with van der Waals surface area (Å²) in [4.78, 5) is 0. The Morgan fingerprint density at radius 1 is 0.875 bits per heavy atom. The quantitative estimate of drug-likeness (QED) is 0.780. The van der Waals surface area contributed by atoms with E-state index in [0.717, 1.165) is 5.25 Å². The second-order valence-electron chi connectivity index (χ2n) is 5.06. The Labute approximate surface area is 106 Å². The Balaban J connectivity index is 2.33.